The lowest BCUT2D eigenvalue weighted by molar-refractivity contribution is 0.188. The summed E-state index contributed by atoms with van der Waals surface area (Å²) < 4.78 is 26.6. The van der Waals surface area contributed by atoms with Gasteiger partial charge in [-0.2, -0.15) is 4.31 Å². The number of nitrogens with zero attached hydrogens (tertiary/aromatic N) is 3. The summed E-state index contributed by atoms with van der Waals surface area (Å²) >= 11 is 0. The van der Waals surface area contributed by atoms with Crippen LogP contribution in [0.1, 0.15) is 13.3 Å². The molecule has 3 N–H and O–H groups in total. The molecule has 0 atom stereocenters. The number of hydrazine groups is 1. The molecule has 112 valence electrons. The van der Waals surface area contributed by atoms with Crippen molar-refractivity contribution in [1.82, 2.24) is 14.2 Å². The van der Waals surface area contributed by atoms with E-state index in [1.807, 2.05) is 0 Å². The summed E-state index contributed by atoms with van der Waals surface area (Å²) in [6, 6.07) is 2.95. The first-order valence-electron chi connectivity index (χ1n) is 6.73. The second kappa shape index (κ2) is 6.49. The molecular weight excluding hydrogens is 278 g/mol. The molecule has 20 heavy (non-hydrogen) atoms. The zero-order chi connectivity index (χ0) is 14.6. The van der Waals surface area contributed by atoms with Gasteiger partial charge in [-0.3, -0.25) is 0 Å². The molecule has 0 saturated carbocycles. The van der Waals surface area contributed by atoms with Crippen molar-refractivity contribution in [2.75, 3.05) is 38.1 Å². The second-order valence-corrected chi connectivity index (χ2v) is 6.70. The third kappa shape index (κ3) is 3.26. The van der Waals surface area contributed by atoms with Gasteiger partial charge in [-0.1, -0.05) is 6.92 Å². The van der Waals surface area contributed by atoms with Crippen LogP contribution in [0.2, 0.25) is 0 Å². The van der Waals surface area contributed by atoms with Crippen molar-refractivity contribution in [3.63, 3.8) is 0 Å². The first-order valence-corrected chi connectivity index (χ1v) is 8.17. The molecule has 0 aromatic carbocycles. The van der Waals surface area contributed by atoms with E-state index in [0.29, 0.717) is 18.9 Å². The smallest absolute Gasteiger partial charge is 0.243 e. The van der Waals surface area contributed by atoms with Gasteiger partial charge in [-0.05, 0) is 19.0 Å². The largest absolute Gasteiger partial charge is 0.308 e. The Bertz CT molecular complexity index is 541. The van der Waals surface area contributed by atoms with E-state index in [-0.39, 0.29) is 4.90 Å². The molecule has 2 rings (SSSR count). The lowest BCUT2D eigenvalue weighted by Crippen LogP contribution is -2.48. The molecule has 8 heteroatoms. The van der Waals surface area contributed by atoms with Crippen LogP contribution in [0, 0.1) is 0 Å². The minimum Gasteiger partial charge on any atom is -0.308 e. The number of aromatic nitrogens is 1. The van der Waals surface area contributed by atoms with Gasteiger partial charge in [-0.15, -0.1) is 0 Å². The summed E-state index contributed by atoms with van der Waals surface area (Å²) in [5.74, 6) is 5.61. The van der Waals surface area contributed by atoms with Crippen LogP contribution in [0.3, 0.4) is 0 Å². The molecule has 1 fully saturated rings. The highest BCUT2D eigenvalue weighted by Gasteiger charge is 2.28. The van der Waals surface area contributed by atoms with E-state index >= 15 is 0 Å². The number of nitrogen functional groups attached to an aromatic ring is 1. The van der Waals surface area contributed by atoms with Gasteiger partial charge in [0.2, 0.25) is 10.0 Å². The van der Waals surface area contributed by atoms with E-state index < -0.39 is 10.0 Å². The Morgan fingerprint density at radius 1 is 1.35 bits per heavy atom. The summed E-state index contributed by atoms with van der Waals surface area (Å²) in [5, 5.41) is 0. The molecule has 0 amide bonds. The van der Waals surface area contributed by atoms with E-state index in [0.717, 1.165) is 26.1 Å². The highest BCUT2D eigenvalue weighted by atomic mass is 32.2. The van der Waals surface area contributed by atoms with Crippen molar-refractivity contribution >= 4 is 15.8 Å². The second-order valence-electron chi connectivity index (χ2n) is 4.77. The third-order valence-electron chi connectivity index (χ3n) is 3.39. The van der Waals surface area contributed by atoms with E-state index in [9.17, 15) is 8.42 Å². The fourth-order valence-electron chi connectivity index (χ4n) is 2.31. The van der Waals surface area contributed by atoms with E-state index in [2.05, 4.69) is 22.2 Å². The van der Waals surface area contributed by atoms with Crippen molar-refractivity contribution < 1.29 is 8.42 Å². The monoisotopic (exact) mass is 299 g/mol. The summed E-state index contributed by atoms with van der Waals surface area (Å²) in [4.78, 5) is 6.44. The zero-order valence-electron chi connectivity index (χ0n) is 11.6. The number of piperazine rings is 1. The van der Waals surface area contributed by atoms with Crippen LogP contribution in [-0.4, -0.2) is 55.3 Å². The lowest BCUT2D eigenvalue weighted by atomic mass is 10.3. The number of sulfonamides is 1. The molecule has 0 bridgehead atoms. The lowest BCUT2D eigenvalue weighted by Gasteiger charge is -2.33. The number of hydrogen-bond donors (Lipinski definition) is 2. The molecular formula is C12H21N5O2S. The van der Waals surface area contributed by atoms with E-state index in [4.69, 9.17) is 5.84 Å². The number of anilines is 1. The van der Waals surface area contributed by atoms with Gasteiger partial charge < -0.3 is 10.3 Å². The molecule has 2 heterocycles. The van der Waals surface area contributed by atoms with Gasteiger partial charge in [0.05, 0.1) is 4.90 Å². The van der Waals surface area contributed by atoms with Crippen molar-refractivity contribution in [2.45, 2.75) is 18.2 Å². The van der Waals surface area contributed by atoms with Gasteiger partial charge >= 0.3 is 0 Å². The Labute approximate surface area is 119 Å². The fourth-order valence-corrected chi connectivity index (χ4v) is 3.74. The predicted molar refractivity (Wildman–Crippen MR) is 77.5 cm³/mol. The van der Waals surface area contributed by atoms with Crippen LogP contribution in [0.4, 0.5) is 5.82 Å². The maximum absolute atomic E-state index is 12.5. The number of nitrogens with one attached hydrogen (secondary N) is 1. The summed E-state index contributed by atoms with van der Waals surface area (Å²) in [6.45, 7) is 5.75. The summed E-state index contributed by atoms with van der Waals surface area (Å²) in [7, 11) is -3.46. The Balaban J connectivity index is 2.11. The molecule has 0 unspecified atom stereocenters. The quantitative estimate of drug-likeness (QED) is 0.591. The zero-order valence-corrected chi connectivity index (χ0v) is 12.4. The molecule has 1 aliphatic heterocycles. The van der Waals surface area contributed by atoms with Gasteiger partial charge in [0.25, 0.3) is 0 Å². The molecule has 0 spiro atoms. The van der Waals surface area contributed by atoms with Crippen LogP contribution in [-0.2, 0) is 10.0 Å². The molecule has 0 aliphatic carbocycles. The minimum absolute atomic E-state index is 0.226. The predicted octanol–water partition coefficient (Wildman–Crippen LogP) is 0.0835. The average Bonchev–Trinajstić information content (AvgIpc) is 2.48. The normalized spacial score (nSPS) is 18.1. The van der Waals surface area contributed by atoms with E-state index in [1.54, 1.807) is 0 Å². The van der Waals surface area contributed by atoms with Gasteiger partial charge in [0.15, 0.2) is 0 Å². The van der Waals surface area contributed by atoms with E-state index in [1.165, 1.54) is 22.6 Å². The Morgan fingerprint density at radius 2 is 2.05 bits per heavy atom. The number of pyridine rings is 1. The molecule has 1 aliphatic rings. The van der Waals surface area contributed by atoms with Gasteiger partial charge in [0, 0.05) is 38.4 Å². The Morgan fingerprint density at radius 3 is 2.65 bits per heavy atom. The third-order valence-corrected chi connectivity index (χ3v) is 5.28. The minimum atomic E-state index is -3.46. The van der Waals surface area contributed by atoms with Crippen LogP contribution in [0.25, 0.3) is 0 Å². The topological polar surface area (TPSA) is 91.6 Å². The first kappa shape index (κ1) is 15.2. The molecule has 1 aromatic heterocycles. The van der Waals surface area contributed by atoms with Crippen molar-refractivity contribution in [1.29, 1.82) is 0 Å². The van der Waals surface area contributed by atoms with Crippen LogP contribution in [0.15, 0.2) is 23.2 Å². The standard InChI is InChI=1S/C12H21N5O2S/c1-2-5-16-6-8-17(9-7-16)20(18,19)11-3-4-14-12(10-11)15-13/h3-4,10H,2,5-9,13H2,1H3,(H,14,15). The molecule has 1 saturated heterocycles. The average molecular weight is 299 g/mol. The highest BCUT2D eigenvalue weighted by molar-refractivity contribution is 7.89. The summed E-state index contributed by atoms with van der Waals surface area (Å²) in [6.07, 6.45) is 2.53. The van der Waals surface area contributed by atoms with Crippen LogP contribution >= 0.6 is 0 Å². The fraction of sp³-hybridized carbons (Fsp3) is 0.583. The highest BCUT2D eigenvalue weighted by Crippen LogP contribution is 2.19. The SMILES string of the molecule is CCCN1CCN(S(=O)(=O)c2ccnc(NN)c2)CC1. The van der Waals surface area contributed by atoms with Crippen LogP contribution in [0.5, 0.6) is 0 Å². The maximum Gasteiger partial charge on any atom is 0.243 e. The molecule has 0 radical (unpaired) electrons. The number of rotatable bonds is 5. The molecule has 1 aromatic rings. The van der Waals surface area contributed by atoms with Crippen molar-refractivity contribution in [2.24, 2.45) is 5.84 Å². The number of hydrogen-bond acceptors (Lipinski definition) is 6. The van der Waals surface area contributed by atoms with Crippen molar-refractivity contribution in [3.05, 3.63) is 18.3 Å². The molecule has 7 nitrogen and oxygen atoms in total. The maximum atomic E-state index is 12.5. The number of nitrogens with two attached hydrogens (primary N) is 1. The Hall–Kier alpha value is -1.22. The first-order chi connectivity index (χ1) is 9.57. The van der Waals surface area contributed by atoms with Gasteiger partial charge in [-0.25, -0.2) is 19.2 Å². The Kier molecular flexibility index (Phi) is 4.92. The van der Waals surface area contributed by atoms with Gasteiger partial charge in [0.1, 0.15) is 5.82 Å². The van der Waals surface area contributed by atoms with Crippen LogP contribution < -0.4 is 11.3 Å². The summed E-state index contributed by atoms with van der Waals surface area (Å²) in [5.41, 5.74) is 2.36. The van der Waals surface area contributed by atoms with Crippen molar-refractivity contribution in [3.8, 4) is 0 Å².